The van der Waals surface area contributed by atoms with Crippen molar-refractivity contribution >= 4 is 17.5 Å². The van der Waals surface area contributed by atoms with E-state index in [1.165, 1.54) is 11.1 Å². The number of carbonyl (C=O) groups is 1. The van der Waals surface area contributed by atoms with Gasteiger partial charge in [-0.05, 0) is 48.1 Å². The van der Waals surface area contributed by atoms with E-state index in [4.69, 9.17) is 0 Å². The second-order valence-corrected chi connectivity index (χ2v) is 7.01. The van der Waals surface area contributed by atoms with Crippen LogP contribution < -0.4 is 10.6 Å². The summed E-state index contributed by atoms with van der Waals surface area (Å²) >= 11 is 0. The van der Waals surface area contributed by atoms with Crippen molar-refractivity contribution in [2.75, 3.05) is 11.9 Å². The first-order valence-corrected chi connectivity index (χ1v) is 9.64. The predicted octanol–water partition coefficient (Wildman–Crippen LogP) is 4.71. The third-order valence-corrected chi connectivity index (χ3v) is 4.49. The van der Waals surface area contributed by atoms with Crippen molar-refractivity contribution in [1.82, 2.24) is 15.3 Å². The molecule has 0 aliphatic rings. The minimum atomic E-state index is -0.186. The van der Waals surface area contributed by atoms with Crippen LogP contribution in [0.15, 0.2) is 66.9 Å². The Morgan fingerprint density at radius 2 is 1.75 bits per heavy atom. The van der Waals surface area contributed by atoms with Crippen LogP contribution in [-0.2, 0) is 6.42 Å². The lowest BCUT2D eigenvalue weighted by molar-refractivity contribution is 0.0948. The Hall–Kier alpha value is -3.21. The molecule has 0 bridgehead atoms. The molecule has 1 amide bonds. The highest BCUT2D eigenvalue weighted by Gasteiger charge is 2.09. The van der Waals surface area contributed by atoms with Gasteiger partial charge < -0.3 is 10.6 Å². The zero-order valence-corrected chi connectivity index (χ0v) is 16.4. The zero-order chi connectivity index (χ0) is 19.8. The number of anilines is 2. The van der Waals surface area contributed by atoms with E-state index >= 15 is 0 Å². The quantitative estimate of drug-likeness (QED) is 0.561. The highest BCUT2D eigenvalue weighted by molar-refractivity contribution is 5.92. The molecule has 3 aromatic rings. The van der Waals surface area contributed by atoms with Crippen LogP contribution in [0, 0.1) is 0 Å². The van der Waals surface area contributed by atoms with Crippen LogP contribution in [0.2, 0.25) is 0 Å². The van der Waals surface area contributed by atoms with Crippen molar-refractivity contribution in [3.05, 3.63) is 83.7 Å². The first-order chi connectivity index (χ1) is 13.6. The Morgan fingerprint density at radius 1 is 1.00 bits per heavy atom. The van der Waals surface area contributed by atoms with Crippen LogP contribution in [0.5, 0.6) is 0 Å². The molecule has 0 saturated heterocycles. The Bertz CT molecular complexity index is 892. The summed E-state index contributed by atoms with van der Waals surface area (Å²) in [5.74, 6) is 0.710. The van der Waals surface area contributed by atoms with E-state index in [1.807, 2.05) is 30.3 Å². The van der Waals surface area contributed by atoms with Crippen molar-refractivity contribution in [2.24, 2.45) is 0 Å². The van der Waals surface area contributed by atoms with Crippen molar-refractivity contribution in [2.45, 2.75) is 32.6 Å². The van der Waals surface area contributed by atoms with Gasteiger partial charge in [0.1, 0.15) is 5.69 Å². The molecule has 2 N–H and O–H groups in total. The average Bonchev–Trinajstić information content (AvgIpc) is 2.72. The molecule has 28 heavy (non-hydrogen) atoms. The highest BCUT2D eigenvalue weighted by atomic mass is 16.1. The van der Waals surface area contributed by atoms with Gasteiger partial charge in [-0.3, -0.25) is 4.79 Å². The van der Waals surface area contributed by atoms with Gasteiger partial charge in [0.05, 0.1) is 0 Å². The number of hydrogen-bond acceptors (Lipinski definition) is 4. The van der Waals surface area contributed by atoms with Gasteiger partial charge in [-0.25, -0.2) is 9.97 Å². The third kappa shape index (κ3) is 5.64. The molecule has 0 unspecified atom stereocenters. The number of hydrogen-bond donors (Lipinski definition) is 2. The molecule has 0 spiro atoms. The van der Waals surface area contributed by atoms with Crippen molar-refractivity contribution in [1.29, 1.82) is 0 Å². The maximum Gasteiger partial charge on any atom is 0.270 e. The molecule has 2 aromatic carbocycles. The molecule has 0 aliphatic heterocycles. The van der Waals surface area contributed by atoms with Crippen molar-refractivity contribution in [3.8, 4) is 0 Å². The molecule has 1 aromatic heterocycles. The largest absolute Gasteiger partial charge is 0.351 e. The Morgan fingerprint density at radius 3 is 2.46 bits per heavy atom. The number of rotatable bonds is 8. The van der Waals surface area contributed by atoms with Crippen LogP contribution in [-0.4, -0.2) is 22.4 Å². The second-order valence-electron chi connectivity index (χ2n) is 7.01. The van der Waals surface area contributed by atoms with Crippen LogP contribution in [0.1, 0.15) is 47.8 Å². The molecule has 5 heteroatoms. The number of nitrogens with zero attached hydrogens (tertiary/aromatic N) is 2. The second kappa shape index (κ2) is 9.65. The van der Waals surface area contributed by atoms with E-state index in [0.29, 0.717) is 24.1 Å². The van der Waals surface area contributed by atoms with E-state index in [-0.39, 0.29) is 5.91 Å². The summed E-state index contributed by atoms with van der Waals surface area (Å²) in [6, 6.07) is 20.0. The molecule has 0 aliphatic carbocycles. The van der Waals surface area contributed by atoms with Gasteiger partial charge in [-0.2, -0.15) is 0 Å². The maximum absolute atomic E-state index is 12.4. The number of aromatic nitrogens is 2. The molecule has 0 atom stereocenters. The first-order valence-electron chi connectivity index (χ1n) is 9.64. The minimum absolute atomic E-state index is 0.186. The van der Waals surface area contributed by atoms with Crippen LogP contribution in [0.4, 0.5) is 11.6 Å². The van der Waals surface area contributed by atoms with Crippen LogP contribution >= 0.6 is 0 Å². The molecule has 3 rings (SSSR count). The summed E-state index contributed by atoms with van der Waals surface area (Å²) in [6.45, 7) is 4.93. The molecule has 0 radical (unpaired) electrons. The van der Waals surface area contributed by atoms with Gasteiger partial charge in [-0.15, -0.1) is 0 Å². The summed E-state index contributed by atoms with van der Waals surface area (Å²) < 4.78 is 0. The monoisotopic (exact) mass is 374 g/mol. The summed E-state index contributed by atoms with van der Waals surface area (Å²) in [4.78, 5) is 20.9. The van der Waals surface area contributed by atoms with Gasteiger partial charge in [0.2, 0.25) is 5.95 Å². The average molecular weight is 374 g/mol. The number of amides is 1. The van der Waals surface area contributed by atoms with Crippen LogP contribution in [0.25, 0.3) is 0 Å². The zero-order valence-electron chi connectivity index (χ0n) is 16.4. The topological polar surface area (TPSA) is 66.9 Å². The molecular weight excluding hydrogens is 348 g/mol. The van der Waals surface area contributed by atoms with E-state index in [9.17, 15) is 4.79 Å². The normalized spacial score (nSPS) is 10.7. The Balaban J connectivity index is 1.52. The predicted molar refractivity (Wildman–Crippen MR) is 113 cm³/mol. The SMILES string of the molecule is CC(C)c1ccc(Nc2nccc(C(=O)NCCCc3ccccc3)n2)cc1. The molecule has 5 nitrogen and oxygen atoms in total. The fourth-order valence-electron chi connectivity index (χ4n) is 2.86. The summed E-state index contributed by atoms with van der Waals surface area (Å²) in [5, 5.41) is 6.08. The maximum atomic E-state index is 12.4. The van der Waals surface area contributed by atoms with Crippen molar-refractivity contribution in [3.63, 3.8) is 0 Å². The fraction of sp³-hybridized carbons (Fsp3) is 0.261. The van der Waals surface area contributed by atoms with E-state index < -0.39 is 0 Å². The summed E-state index contributed by atoms with van der Waals surface area (Å²) in [7, 11) is 0. The third-order valence-electron chi connectivity index (χ3n) is 4.49. The van der Waals surface area contributed by atoms with Crippen LogP contribution in [0.3, 0.4) is 0 Å². The van der Waals surface area contributed by atoms with Gasteiger partial charge in [0.15, 0.2) is 0 Å². The summed E-state index contributed by atoms with van der Waals surface area (Å²) in [5.41, 5.74) is 3.80. The lowest BCUT2D eigenvalue weighted by Crippen LogP contribution is -2.26. The minimum Gasteiger partial charge on any atom is -0.351 e. The fourth-order valence-corrected chi connectivity index (χ4v) is 2.86. The molecule has 1 heterocycles. The molecule has 144 valence electrons. The van der Waals surface area contributed by atoms with Gasteiger partial charge >= 0.3 is 0 Å². The van der Waals surface area contributed by atoms with E-state index in [2.05, 4.69) is 58.7 Å². The highest BCUT2D eigenvalue weighted by Crippen LogP contribution is 2.19. The number of carbonyl (C=O) groups excluding carboxylic acids is 1. The number of benzene rings is 2. The molecule has 0 fully saturated rings. The number of nitrogens with one attached hydrogen (secondary N) is 2. The molecule has 0 saturated carbocycles. The Labute approximate surface area is 166 Å². The Kier molecular flexibility index (Phi) is 6.73. The van der Waals surface area contributed by atoms with E-state index in [1.54, 1.807) is 12.3 Å². The standard InChI is InChI=1S/C23H26N4O/c1-17(2)19-10-12-20(13-11-19)26-23-25-16-14-21(27-23)22(28)24-15-6-9-18-7-4-3-5-8-18/h3-5,7-8,10-14,16-17H,6,9,15H2,1-2H3,(H,24,28)(H,25,26,27). The lowest BCUT2D eigenvalue weighted by atomic mass is 10.0. The van der Waals surface area contributed by atoms with Crippen molar-refractivity contribution < 1.29 is 4.79 Å². The van der Waals surface area contributed by atoms with E-state index in [0.717, 1.165) is 18.5 Å². The smallest absolute Gasteiger partial charge is 0.270 e. The molecular formula is C23H26N4O. The summed E-state index contributed by atoms with van der Waals surface area (Å²) in [6.07, 6.45) is 3.41. The lowest BCUT2D eigenvalue weighted by Gasteiger charge is -2.09. The first kappa shape index (κ1) is 19.5. The van der Waals surface area contributed by atoms with Gasteiger partial charge in [-0.1, -0.05) is 56.3 Å². The van der Waals surface area contributed by atoms with Gasteiger partial charge in [0.25, 0.3) is 5.91 Å². The number of aryl methyl sites for hydroxylation is 1. The van der Waals surface area contributed by atoms with Gasteiger partial charge in [0, 0.05) is 18.4 Å².